The van der Waals surface area contributed by atoms with Crippen LogP contribution >= 0.6 is 22.9 Å². The first kappa shape index (κ1) is 30.2. The highest BCUT2D eigenvalue weighted by Crippen LogP contribution is 2.38. The van der Waals surface area contributed by atoms with Crippen molar-refractivity contribution in [1.29, 1.82) is 0 Å². The van der Waals surface area contributed by atoms with Crippen LogP contribution in [0.5, 0.6) is 0 Å². The standard InChI is InChI=1S/C26H31ClF3N7OS/c1-14(2)33-11-17-8-18(10-19(23(17)27)26(28,29)30)35-24(38)16-7-6-15(3)20(9-16)37(32)13-21(36(4)5)22-12-34-25(31)39-22/h6-10,12-14,33H,11,32H2,1-5H3,(H2,31,34)(H,35,38)/b21-13-. The number of hydrogen-bond acceptors (Lipinski definition) is 8. The Kier molecular flexibility index (Phi) is 9.49. The quantitative estimate of drug-likeness (QED) is 0.189. The fraction of sp³-hybridized carbons (Fsp3) is 0.308. The lowest BCUT2D eigenvalue weighted by Gasteiger charge is -2.22. The number of halogens is 4. The molecule has 6 N–H and O–H groups in total. The van der Waals surface area contributed by atoms with Crippen molar-refractivity contribution in [2.75, 3.05) is 30.2 Å². The van der Waals surface area contributed by atoms with Crippen molar-refractivity contribution in [3.8, 4) is 0 Å². The number of amides is 1. The largest absolute Gasteiger partial charge is 0.417 e. The predicted molar refractivity (Wildman–Crippen MR) is 152 cm³/mol. The Labute approximate surface area is 234 Å². The molecule has 0 saturated carbocycles. The van der Waals surface area contributed by atoms with Crippen LogP contribution in [0.25, 0.3) is 5.70 Å². The number of benzene rings is 2. The molecular weight excluding hydrogens is 551 g/mol. The van der Waals surface area contributed by atoms with E-state index in [0.717, 1.165) is 22.2 Å². The van der Waals surface area contributed by atoms with Crippen molar-refractivity contribution < 1.29 is 18.0 Å². The average molecular weight is 582 g/mol. The summed E-state index contributed by atoms with van der Waals surface area (Å²) in [4.78, 5) is 19.9. The number of rotatable bonds is 9. The van der Waals surface area contributed by atoms with Crippen molar-refractivity contribution in [3.63, 3.8) is 0 Å². The summed E-state index contributed by atoms with van der Waals surface area (Å²) >= 11 is 7.37. The molecule has 210 valence electrons. The van der Waals surface area contributed by atoms with E-state index in [2.05, 4.69) is 15.6 Å². The highest BCUT2D eigenvalue weighted by atomic mass is 35.5. The molecule has 2 aromatic carbocycles. The molecule has 0 bridgehead atoms. The topological polar surface area (TPSA) is 113 Å². The number of nitrogens with two attached hydrogens (primary N) is 2. The van der Waals surface area contributed by atoms with Crippen LogP contribution in [-0.2, 0) is 12.7 Å². The van der Waals surface area contributed by atoms with Crippen LogP contribution in [0.3, 0.4) is 0 Å². The molecule has 0 unspecified atom stereocenters. The zero-order valence-electron chi connectivity index (χ0n) is 22.2. The Hall–Kier alpha value is -3.32. The predicted octanol–water partition coefficient (Wildman–Crippen LogP) is 5.70. The molecule has 1 aromatic heterocycles. The third kappa shape index (κ3) is 7.63. The van der Waals surface area contributed by atoms with Crippen LogP contribution in [0.4, 0.5) is 29.7 Å². The fourth-order valence-electron chi connectivity index (χ4n) is 3.64. The van der Waals surface area contributed by atoms with Crippen LogP contribution in [-0.4, -0.2) is 35.9 Å². The van der Waals surface area contributed by atoms with Crippen LogP contribution in [0.1, 0.15) is 45.8 Å². The average Bonchev–Trinajstić information content (AvgIpc) is 3.27. The summed E-state index contributed by atoms with van der Waals surface area (Å²) < 4.78 is 41.0. The Morgan fingerprint density at radius 3 is 2.49 bits per heavy atom. The first-order chi connectivity index (χ1) is 18.2. The number of carbonyl (C=O) groups excluding carboxylic acids is 1. The van der Waals surface area contributed by atoms with Crippen LogP contribution in [0.15, 0.2) is 42.7 Å². The van der Waals surface area contributed by atoms with Crippen molar-refractivity contribution in [3.05, 3.63) is 74.9 Å². The van der Waals surface area contributed by atoms with Gasteiger partial charge in [0.15, 0.2) is 5.13 Å². The van der Waals surface area contributed by atoms with Crippen LogP contribution in [0, 0.1) is 6.92 Å². The first-order valence-corrected chi connectivity index (χ1v) is 13.1. The van der Waals surface area contributed by atoms with Crippen molar-refractivity contribution >= 4 is 51.0 Å². The number of hydrogen-bond donors (Lipinski definition) is 4. The van der Waals surface area contributed by atoms with E-state index in [1.807, 2.05) is 39.8 Å². The lowest BCUT2D eigenvalue weighted by atomic mass is 10.1. The number of aryl methyl sites for hydroxylation is 1. The second-order valence-corrected chi connectivity index (χ2v) is 10.8. The van der Waals surface area contributed by atoms with Gasteiger partial charge < -0.3 is 21.3 Å². The van der Waals surface area contributed by atoms with Gasteiger partial charge in [0.2, 0.25) is 0 Å². The summed E-state index contributed by atoms with van der Waals surface area (Å²) in [5.74, 6) is 5.77. The third-order valence-electron chi connectivity index (χ3n) is 5.68. The second kappa shape index (κ2) is 12.2. The normalized spacial score (nSPS) is 12.1. The Morgan fingerprint density at radius 1 is 1.23 bits per heavy atom. The molecule has 1 heterocycles. The van der Waals surface area contributed by atoms with Crippen molar-refractivity contribution in [2.45, 2.75) is 39.5 Å². The summed E-state index contributed by atoms with van der Waals surface area (Å²) in [5.41, 5.74) is 7.20. The van der Waals surface area contributed by atoms with Gasteiger partial charge >= 0.3 is 6.18 Å². The summed E-state index contributed by atoms with van der Waals surface area (Å²) in [6.07, 6.45) is -1.37. The molecular formula is C26H31ClF3N7OS. The molecule has 0 aliphatic carbocycles. The number of thiazole rings is 1. The molecule has 1 amide bonds. The van der Waals surface area contributed by atoms with Gasteiger partial charge in [-0.2, -0.15) is 13.2 Å². The summed E-state index contributed by atoms with van der Waals surface area (Å²) in [6, 6.07) is 7.13. The molecule has 0 aliphatic rings. The molecule has 13 heteroatoms. The minimum absolute atomic E-state index is 0.0225. The smallest absolute Gasteiger partial charge is 0.375 e. The second-order valence-electron chi connectivity index (χ2n) is 9.36. The number of anilines is 3. The van der Waals surface area contributed by atoms with Gasteiger partial charge in [0.25, 0.3) is 5.91 Å². The SMILES string of the molecule is Cc1ccc(C(=O)Nc2cc(CNC(C)C)c(Cl)c(C(F)(F)F)c2)cc1N(N)/C=C(/c1cnc(N)s1)N(C)C. The molecule has 0 radical (unpaired) electrons. The molecule has 0 atom stereocenters. The fourth-order valence-corrected chi connectivity index (χ4v) is 4.70. The van der Waals surface area contributed by atoms with Gasteiger partial charge in [-0.1, -0.05) is 42.9 Å². The third-order valence-corrected chi connectivity index (χ3v) is 6.98. The molecule has 39 heavy (non-hydrogen) atoms. The maximum atomic E-state index is 13.7. The van der Waals surface area contributed by atoms with Gasteiger partial charge in [-0.25, -0.2) is 10.8 Å². The summed E-state index contributed by atoms with van der Waals surface area (Å²) in [5, 5.41) is 7.00. The Balaban J connectivity index is 1.93. The van der Waals surface area contributed by atoms with Crippen molar-refractivity contribution in [2.24, 2.45) is 5.84 Å². The molecule has 0 fully saturated rings. The van der Waals surface area contributed by atoms with Gasteiger partial charge in [-0.05, 0) is 42.3 Å². The monoisotopic (exact) mass is 581 g/mol. The minimum Gasteiger partial charge on any atom is -0.375 e. The van der Waals surface area contributed by atoms with E-state index in [1.165, 1.54) is 22.4 Å². The number of alkyl halides is 3. The summed E-state index contributed by atoms with van der Waals surface area (Å²) in [7, 11) is 3.69. The van der Waals surface area contributed by atoms with Gasteiger partial charge in [0.1, 0.15) is 0 Å². The van der Waals surface area contributed by atoms with Gasteiger partial charge in [0, 0.05) is 50.3 Å². The van der Waals surface area contributed by atoms with E-state index >= 15 is 0 Å². The highest BCUT2D eigenvalue weighted by Gasteiger charge is 2.35. The number of nitrogen functional groups attached to an aromatic ring is 1. The van der Waals surface area contributed by atoms with E-state index < -0.39 is 22.7 Å². The van der Waals surface area contributed by atoms with Gasteiger partial charge in [-0.15, -0.1) is 0 Å². The molecule has 8 nitrogen and oxygen atoms in total. The summed E-state index contributed by atoms with van der Waals surface area (Å²) in [6.45, 7) is 5.66. The molecule has 0 spiro atoms. The van der Waals surface area contributed by atoms with E-state index in [4.69, 9.17) is 23.2 Å². The van der Waals surface area contributed by atoms with Gasteiger partial charge in [0.05, 0.1) is 26.8 Å². The van der Waals surface area contributed by atoms with Crippen LogP contribution < -0.4 is 27.2 Å². The lowest BCUT2D eigenvalue weighted by Crippen LogP contribution is -2.28. The van der Waals surface area contributed by atoms with E-state index in [9.17, 15) is 18.0 Å². The Morgan fingerprint density at radius 2 is 1.92 bits per heavy atom. The minimum atomic E-state index is -4.69. The van der Waals surface area contributed by atoms with Crippen molar-refractivity contribution in [1.82, 2.24) is 15.2 Å². The number of nitrogens with zero attached hydrogens (tertiary/aromatic N) is 3. The lowest BCUT2D eigenvalue weighted by molar-refractivity contribution is -0.137. The Bertz CT molecular complexity index is 1370. The molecule has 3 rings (SSSR count). The van der Waals surface area contributed by atoms with E-state index in [0.29, 0.717) is 10.8 Å². The zero-order valence-corrected chi connectivity index (χ0v) is 23.7. The van der Waals surface area contributed by atoms with Gasteiger partial charge in [-0.3, -0.25) is 9.80 Å². The molecule has 0 saturated heterocycles. The maximum Gasteiger partial charge on any atom is 0.417 e. The maximum absolute atomic E-state index is 13.7. The number of carbonyl (C=O) groups is 1. The first-order valence-electron chi connectivity index (χ1n) is 11.9. The number of aromatic nitrogens is 1. The molecule has 0 aliphatic heterocycles. The van der Waals surface area contributed by atoms with E-state index in [-0.39, 0.29) is 29.4 Å². The van der Waals surface area contributed by atoms with Crippen LogP contribution in [0.2, 0.25) is 5.02 Å². The number of nitrogens with one attached hydrogen (secondary N) is 2. The molecule has 3 aromatic rings. The zero-order chi connectivity index (χ0) is 29.1. The highest BCUT2D eigenvalue weighted by molar-refractivity contribution is 7.16. The number of hydrazine groups is 1. The van der Waals surface area contributed by atoms with E-state index in [1.54, 1.807) is 30.6 Å².